The molecular formula is C21H28N2O2. The highest BCUT2D eigenvalue weighted by Gasteiger charge is 2.33. The van der Waals surface area contributed by atoms with E-state index in [9.17, 15) is 9.59 Å². The molecular weight excluding hydrogens is 312 g/mol. The molecule has 1 aromatic carbocycles. The number of anilines is 1. The molecule has 4 nitrogen and oxygen atoms in total. The molecule has 0 atom stereocenters. The molecule has 1 N–H and O–H groups in total. The highest BCUT2D eigenvalue weighted by atomic mass is 16.2. The number of nitrogens with zero attached hydrogens (tertiary/aromatic N) is 1. The Morgan fingerprint density at radius 2 is 1.64 bits per heavy atom. The highest BCUT2D eigenvalue weighted by Crippen LogP contribution is 2.32. The van der Waals surface area contributed by atoms with Gasteiger partial charge in [0.05, 0.1) is 0 Å². The molecule has 0 saturated heterocycles. The number of hydrogen-bond acceptors (Lipinski definition) is 2. The summed E-state index contributed by atoms with van der Waals surface area (Å²) in [4.78, 5) is 27.2. The second kappa shape index (κ2) is 7.19. The first-order valence-electron chi connectivity index (χ1n) is 9.97. The smallest absolute Gasteiger partial charge is 0.254 e. The minimum absolute atomic E-state index is 0.146. The van der Waals surface area contributed by atoms with E-state index in [1.165, 1.54) is 25.7 Å². The maximum atomic E-state index is 12.7. The lowest BCUT2D eigenvalue weighted by Crippen LogP contribution is -2.36. The number of hydrogen-bond donors (Lipinski definition) is 1. The standard InChI is InChI=1S/C21H28N2O2/c24-20(15-7-3-1-4-8-15)22-17-11-12-19-16(13-17)14-23(21(19)25)18-9-5-2-6-10-18/h11-13,15,18H,1-10,14H2,(H,22,24). The van der Waals surface area contributed by atoms with Crippen molar-refractivity contribution in [3.63, 3.8) is 0 Å². The van der Waals surface area contributed by atoms with Crippen molar-refractivity contribution in [2.24, 2.45) is 5.92 Å². The molecule has 25 heavy (non-hydrogen) atoms. The van der Waals surface area contributed by atoms with Crippen LogP contribution >= 0.6 is 0 Å². The van der Waals surface area contributed by atoms with Gasteiger partial charge in [-0.2, -0.15) is 0 Å². The van der Waals surface area contributed by atoms with Gasteiger partial charge in [-0.15, -0.1) is 0 Å². The van der Waals surface area contributed by atoms with Crippen molar-refractivity contribution in [2.75, 3.05) is 5.32 Å². The van der Waals surface area contributed by atoms with Crippen molar-refractivity contribution in [1.82, 2.24) is 4.90 Å². The molecule has 0 aromatic heterocycles. The van der Waals surface area contributed by atoms with Crippen LogP contribution in [0.15, 0.2) is 18.2 Å². The van der Waals surface area contributed by atoms with Crippen LogP contribution in [0.2, 0.25) is 0 Å². The van der Waals surface area contributed by atoms with Gasteiger partial charge in [-0.3, -0.25) is 9.59 Å². The summed E-state index contributed by atoms with van der Waals surface area (Å²) >= 11 is 0. The van der Waals surface area contributed by atoms with Crippen LogP contribution in [0.3, 0.4) is 0 Å². The van der Waals surface area contributed by atoms with E-state index in [1.54, 1.807) is 0 Å². The Labute approximate surface area is 150 Å². The zero-order chi connectivity index (χ0) is 17.2. The third-order valence-electron chi connectivity index (χ3n) is 6.20. The minimum Gasteiger partial charge on any atom is -0.331 e. The molecule has 4 rings (SSSR count). The highest BCUT2D eigenvalue weighted by molar-refractivity contribution is 6.00. The van der Waals surface area contributed by atoms with E-state index < -0.39 is 0 Å². The molecule has 4 heteroatoms. The number of nitrogens with one attached hydrogen (secondary N) is 1. The van der Waals surface area contributed by atoms with Gasteiger partial charge in [-0.05, 0) is 49.4 Å². The van der Waals surface area contributed by atoms with Gasteiger partial charge < -0.3 is 10.2 Å². The lowest BCUT2D eigenvalue weighted by molar-refractivity contribution is -0.120. The zero-order valence-electron chi connectivity index (χ0n) is 14.9. The molecule has 0 spiro atoms. The summed E-state index contributed by atoms with van der Waals surface area (Å²) in [6.07, 6.45) is 11.6. The monoisotopic (exact) mass is 340 g/mol. The molecule has 0 radical (unpaired) electrons. The topological polar surface area (TPSA) is 49.4 Å². The van der Waals surface area contributed by atoms with Crippen molar-refractivity contribution in [3.05, 3.63) is 29.3 Å². The molecule has 1 heterocycles. The summed E-state index contributed by atoms with van der Waals surface area (Å²) in [5, 5.41) is 3.08. The fraction of sp³-hybridized carbons (Fsp3) is 0.619. The van der Waals surface area contributed by atoms with Crippen molar-refractivity contribution in [3.8, 4) is 0 Å². The predicted octanol–water partition coefficient (Wildman–Crippen LogP) is 4.49. The maximum absolute atomic E-state index is 12.7. The van der Waals surface area contributed by atoms with Gasteiger partial charge in [0.2, 0.25) is 5.91 Å². The van der Waals surface area contributed by atoms with Crippen molar-refractivity contribution in [2.45, 2.75) is 76.8 Å². The summed E-state index contributed by atoms with van der Waals surface area (Å²) < 4.78 is 0. The molecule has 1 aromatic rings. The Morgan fingerprint density at radius 1 is 0.960 bits per heavy atom. The molecule has 2 amide bonds. The Bertz CT molecular complexity index is 658. The fourth-order valence-corrected chi connectivity index (χ4v) is 4.72. The van der Waals surface area contributed by atoms with Crippen LogP contribution in [0.4, 0.5) is 5.69 Å². The van der Waals surface area contributed by atoms with Crippen LogP contribution in [0.5, 0.6) is 0 Å². The van der Waals surface area contributed by atoms with Crippen molar-refractivity contribution < 1.29 is 9.59 Å². The summed E-state index contributed by atoms with van der Waals surface area (Å²) in [6, 6.07) is 6.20. The number of fused-ring (bicyclic) bond motifs is 1. The van der Waals surface area contributed by atoms with Gasteiger partial charge in [-0.1, -0.05) is 38.5 Å². The number of carbonyl (C=O) groups is 2. The van der Waals surface area contributed by atoms with E-state index in [2.05, 4.69) is 10.2 Å². The second-order valence-electron chi connectivity index (χ2n) is 7.92. The average Bonchev–Trinajstić information content (AvgIpc) is 2.99. The lowest BCUT2D eigenvalue weighted by atomic mass is 9.88. The lowest BCUT2D eigenvalue weighted by Gasteiger charge is -2.30. The predicted molar refractivity (Wildman–Crippen MR) is 98.4 cm³/mol. The second-order valence-corrected chi connectivity index (χ2v) is 7.92. The van der Waals surface area contributed by atoms with Gasteiger partial charge >= 0.3 is 0 Å². The van der Waals surface area contributed by atoms with E-state index >= 15 is 0 Å². The molecule has 1 aliphatic heterocycles. The maximum Gasteiger partial charge on any atom is 0.254 e. The quantitative estimate of drug-likeness (QED) is 0.881. The third kappa shape index (κ3) is 3.44. The fourth-order valence-electron chi connectivity index (χ4n) is 4.72. The first-order valence-corrected chi connectivity index (χ1v) is 9.97. The van der Waals surface area contributed by atoms with Gasteiger partial charge in [0.1, 0.15) is 0 Å². The SMILES string of the molecule is O=C(Nc1ccc2c(c1)CN(C1CCCCC1)C2=O)C1CCCCC1. The third-order valence-corrected chi connectivity index (χ3v) is 6.20. The van der Waals surface area contributed by atoms with Crippen LogP contribution in [-0.4, -0.2) is 22.8 Å². The molecule has 0 bridgehead atoms. The molecule has 2 saturated carbocycles. The molecule has 0 unspecified atom stereocenters. The Kier molecular flexibility index (Phi) is 4.78. The number of carbonyl (C=O) groups excluding carboxylic acids is 2. The van der Waals surface area contributed by atoms with Gasteiger partial charge in [0, 0.05) is 29.8 Å². The Balaban J connectivity index is 1.44. The first-order chi connectivity index (χ1) is 12.2. The first kappa shape index (κ1) is 16.6. The van der Waals surface area contributed by atoms with Crippen molar-refractivity contribution >= 4 is 17.5 Å². The van der Waals surface area contributed by atoms with Crippen LogP contribution in [0.1, 0.15) is 80.1 Å². The van der Waals surface area contributed by atoms with Crippen molar-refractivity contribution in [1.29, 1.82) is 0 Å². The molecule has 3 aliphatic rings. The van der Waals surface area contributed by atoms with Gasteiger partial charge in [0.15, 0.2) is 0 Å². The van der Waals surface area contributed by atoms with Crippen LogP contribution in [-0.2, 0) is 11.3 Å². The number of benzene rings is 1. The summed E-state index contributed by atoms with van der Waals surface area (Å²) in [5.74, 6) is 0.475. The Hall–Kier alpha value is -1.84. The number of rotatable bonds is 3. The summed E-state index contributed by atoms with van der Waals surface area (Å²) in [6.45, 7) is 0.700. The van der Waals surface area contributed by atoms with Crippen LogP contribution in [0.25, 0.3) is 0 Å². The van der Waals surface area contributed by atoms with E-state index in [-0.39, 0.29) is 17.7 Å². The van der Waals surface area contributed by atoms with E-state index in [1.807, 2.05) is 18.2 Å². The molecule has 2 aliphatic carbocycles. The average molecular weight is 340 g/mol. The molecule has 134 valence electrons. The largest absolute Gasteiger partial charge is 0.331 e. The van der Waals surface area contributed by atoms with E-state index in [0.717, 1.165) is 55.3 Å². The van der Waals surface area contributed by atoms with Crippen LogP contribution in [0, 0.1) is 5.92 Å². The summed E-state index contributed by atoms with van der Waals surface area (Å²) in [5.41, 5.74) is 2.73. The molecule has 2 fully saturated rings. The van der Waals surface area contributed by atoms with E-state index in [4.69, 9.17) is 0 Å². The van der Waals surface area contributed by atoms with Gasteiger partial charge in [0.25, 0.3) is 5.91 Å². The number of amides is 2. The van der Waals surface area contributed by atoms with E-state index in [0.29, 0.717) is 12.6 Å². The zero-order valence-corrected chi connectivity index (χ0v) is 14.9. The van der Waals surface area contributed by atoms with Crippen LogP contribution < -0.4 is 5.32 Å². The normalized spacial score (nSPS) is 22.1. The van der Waals surface area contributed by atoms with Gasteiger partial charge in [-0.25, -0.2) is 0 Å². The Morgan fingerprint density at radius 3 is 2.36 bits per heavy atom. The summed E-state index contributed by atoms with van der Waals surface area (Å²) in [7, 11) is 0. The minimum atomic E-state index is 0.146.